The zero-order valence-electron chi connectivity index (χ0n) is 14.5. The van der Waals surface area contributed by atoms with Crippen LogP contribution in [0, 0.1) is 17.2 Å². The van der Waals surface area contributed by atoms with Gasteiger partial charge in [-0.3, -0.25) is 0 Å². The van der Waals surface area contributed by atoms with Crippen LogP contribution in [0.3, 0.4) is 0 Å². The van der Waals surface area contributed by atoms with E-state index in [-0.39, 0.29) is 5.57 Å². The van der Waals surface area contributed by atoms with E-state index in [1.807, 2.05) is 12.3 Å². The Bertz CT molecular complexity index is 404. The van der Waals surface area contributed by atoms with Crippen molar-refractivity contribution in [3.8, 4) is 6.07 Å². The van der Waals surface area contributed by atoms with Gasteiger partial charge in [-0.25, -0.2) is 4.79 Å². The number of rotatable bonds is 11. The highest BCUT2D eigenvalue weighted by molar-refractivity contribution is 5.93. The van der Waals surface area contributed by atoms with Crippen LogP contribution in [-0.4, -0.2) is 30.6 Å². The predicted molar refractivity (Wildman–Crippen MR) is 90.0 cm³/mol. The summed E-state index contributed by atoms with van der Waals surface area (Å²) in [6.45, 7) is 10.5. The van der Waals surface area contributed by atoms with E-state index in [1.54, 1.807) is 6.08 Å². The average molecular weight is 306 g/mol. The lowest BCUT2D eigenvalue weighted by Gasteiger charge is -2.14. The molecular weight excluding hydrogens is 276 g/mol. The number of nitrogens with zero attached hydrogens (tertiary/aromatic N) is 2. The second-order valence-electron chi connectivity index (χ2n) is 5.27. The van der Waals surface area contributed by atoms with Gasteiger partial charge in [0.25, 0.3) is 0 Å². The third kappa shape index (κ3) is 8.51. The molecule has 0 bridgehead atoms. The maximum Gasteiger partial charge on any atom is 0.348 e. The maximum absolute atomic E-state index is 11.9. The summed E-state index contributed by atoms with van der Waals surface area (Å²) < 4.78 is 5.28. The van der Waals surface area contributed by atoms with Crippen molar-refractivity contribution in [2.75, 3.05) is 19.7 Å². The number of carbonyl (C=O) groups is 1. The first-order valence-electron chi connectivity index (χ1n) is 8.32. The zero-order chi connectivity index (χ0) is 16.8. The number of allylic oxidation sites excluding steroid dienone is 2. The van der Waals surface area contributed by atoms with E-state index in [4.69, 9.17) is 10.00 Å². The molecule has 4 nitrogen and oxygen atoms in total. The fourth-order valence-electron chi connectivity index (χ4n) is 2.02. The third-order valence-corrected chi connectivity index (χ3v) is 3.71. The van der Waals surface area contributed by atoms with Crippen LogP contribution in [-0.2, 0) is 9.53 Å². The second kappa shape index (κ2) is 12.9. The van der Waals surface area contributed by atoms with Gasteiger partial charge in [-0.15, -0.1) is 0 Å². The summed E-state index contributed by atoms with van der Waals surface area (Å²) >= 11 is 0. The quantitative estimate of drug-likeness (QED) is 0.250. The molecule has 0 aliphatic rings. The van der Waals surface area contributed by atoms with E-state index >= 15 is 0 Å². The Hall–Kier alpha value is -1.76. The van der Waals surface area contributed by atoms with Gasteiger partial charge in [-0.05, 0) is 44.5 Å². The molecule has 0 radical (unpaired) electrons. The number of esters is 1. The Morgan fingerprint density at radius 2 is 1.95 bits per heavy atom. The lowest BCUT2D eigenvalue weighted by molar-refractivity contribution is -0.140. The Labute approximate surface area is 135 Å². The molecule has 0 amide bonds. The van der Waals surface area contributed by atoms with E-state index in [0.717, 1.165) is 38.8 Å². The highest BCUT2D eigenvalue weighted by Crippen LogP contribution is 2.13. The van der Waals surface area contributed by atoms with Gasteiger partial charge in [0.2, 0.25) is 0 Å². The van der Waals surface area contributed by atoms with Gasteiger partial charge in [0, 0.05) is 13.1 Å². The molecule has 22 heavy (non-hydrogen) atoms. The van der Waals surface area contributed by atoms with Crippen LogP contribution in [0.15, 0.2) is 23.9 Å². The molecule has 0 aliphatic heterocycles. The molecule has 1 unspecified atom stereocenters. The Morgan fingerprint density at radius 3 is 2.45 bits per heavy atom. The number of ether oxygens (including phenoxy) is 1. The fraction of sp³-hybridized carbons (Fsp3) is 0.667. The third-order valence-electron chi connectivity index (χ3n) is 3.71. The minimum Gasteiger partial charge on any atom is -0.461 e. The fourth-order valence-corrected chi connectivity index (χ4v) is 2.02. The number of carbonyl (C=O) groups excluding carboxylic acids is 1. The molecule has 0 rings (SSSR count). The SMILES string of the molecule is CCCCC(CC)COC(=O)/C(C#N)=C\C=CN(CC)CC. The molecule has 124 valence electrons. The molecule has 0 saturated heterocycles. The van der Waals surface area contributed by atoms with Crippen molar-refractivity contribution in [3.05, 3.63) is 23.9 Å². The second-order valence-corrected chi connectivity index (χ2v) is 5.27. The summed E-state index contributed by atoms with van der Waals surface area (Å²) in [6, 6.07) is 1.91. The van der Waals surface area contributed by atoms with Gasteiger partial charge in [-0.1, -0.05) is 33.1 Å². The van der Waals surface area contributed by atoms with Crippen LogP contribution in [0.5, 0.6) is 0 Å². The van der Waals surface area contributed by atoms with Crippen LogP contribution in [0.25, 0.3) is 0 Å². The van der Waals surface area contributed by atoms with Gasteiger partial charge < -0.3 is 9.64 Å². The molecule has 0 N–H and O–H groups in total. The summed E-state index contributed by atoms with van der Waals surface area (Å²) in [5, 5.41) is 9.07. The van der Waals surface area contributed by atoms with E-state index in [0.29, 0.717) is 12.5 Å². The summed E-state index contributed by atoms with van der Waals surface area (Å²) in [4.78, 5) is 14.0. The summed E-state index contributed by atoms with van der Waals surface area (Å²) in [5.74, 6) is -0.142. The topological polar surface area (TPSA) is 53.3 Å². The monoisotopic (exact) mass is 306 g/mol. The van der Waals surface area contributed by atoms with Gasteiger partial charge in [0.1, 0.15) is 11.6 Å². The standard InChI is InChI=1S/C18H30N2O2/c1-5-9-11-16(6-2)15-22-18(21)17(14-19)12-10-13-20(7-3)8-4/h10,12-13,16H,5-9,11,15H2,1-4H3/b13-10?,17-12-. The molecule has 0 aliphatic carbocycles. The van der Waals surface area contributed by atoms with E-state index < -0.39 is 5.97 Å². The summed E-state index contributed by atoms with van der Waals surface area (Å²) in [5.41, 5.74) is 0.0498. The molecule has 4 heteroatoms. The van der Waals surface area contributed by atoms with E-state index in [2.05, 4.69) is 32.6 Å². The van der Waals surface area contributed by atoms with Crippen molar-refractivity contribution in [1.82, 2.24) is 4.90 Å². The van der Waals surface area contributed by atoms with Gasteiger partial charge in [0.05, 0.1) is 6.61 Å². The van der Waals surface area contributed by atoms with E-state index in [1.165, 1.54) is 6.08 Å². The normalized spacial score (nSPS) is 13.0. The van der Waals surface area contributed by atoms with Crippen LogP contribution >= 0.6 is 0 Å². The van der Waals surface area contributed by atoms with Gasteiger partial charge in [0.15, 0.2) is 0 Å². The molecule has 0 aromatic heterocycles. The average Bonchev–Trinajstić information content (AvgIpc) is 2.55. The Balaban J connectivity index is 4.49. The van der Waals surface area contributed by atoms with Crippen LogP contribution in [0.2, 0.25) is 0 Å². The Kier molecular flexibility index (Phi) is 11.9. The van der Waals surface area contributed by atoms with Crippen molar-refractivity contribution in [3.63, 3.8) is 0 Å². The molecule has 0 saturated carbocycles. The Morgan fingerprint density at radius 1 is 1.27 bits per heavy atom. The van der Waals surface area contributed by atoms with E-state index in [9.17, 15) is 4.79 Å². The molecule has 0 spiro atoms. The number of nitriles is 1. The van der Waals surface area contributed by atoms with Crippen molar-refractivity contribution >= 4 is 5.97 Å². The minimum absolute atomic E-state index is 0.0498. The van der Waals surface area contributed by atoms with Gasteiger partial charge in [-0.2, -0.15) is 5.26 Å². The summed E-state index contributed by atoms with van der Waals surface area (Å²) in [6.07, 6.45) is 9.46. The van der Waals surface area contributed by atoms with Gasteiger partial charge >= 0.3 is 5.97 Å². The van der Waals surface area contributed by atoms with Crippen molar-refractivity contribution < 1.29 is 9.53 Å². The van der Waals surface area contributed by atoms with Crippen molar-refractivity contribution in [2.45, 2.75) is 53.4 Å². The smallest absolute Gasteiger partial charge is 0.348 e. The zero-order valence-corrected chi connectivity index (χ0v) is 14.5. The molecule has 1 atom stereocenters. The predicted octanol–water partition coefficient (Wildman–Crippen LogP) is 4.05. The first kappa shape index (κ1) is 20.2. The molecule has 0 fully saturated rings. The lowest BCUT2D eigenvalue weighted by Crippen LogP contribution is -2.15. The highest BCUT2D eigenvalue weighted by atomic mass is 16.5. The maximum atomic E-state index is 11.9. The van der Waals surface area contributed by atoms with Crippen LogP contribution < -0.4 is 0 Å². The number of hydrogen-bond donors (Lipinski definition) is 0. The number of unbranched alkanes of at least 4 members (excludes halogenated alkanes) is 1. The first-order valence-corrected chi connectivity index (χ1v) is 8.32. The molecule has 0 heterocycles. The summed E-state index contributed by atoms with van der Waals surface area (Å²) in [7, 11) is 0. The van der Waals surface area contributed by atoms with Crippen LogP contribution in [0.1, 0.15) is 53.4 Å². The minimum atomic E-state index is -0.526. The number of hydrogen-bond acceptors (Lipinski definition) is 4. The van der Waals surface area contributed by atoms with Crippen molar-refractivity contribution in [2.24, 2.45) is 5.92 Å². The van der Waals surface area contributed by atoms with Crippen LogP contribution in [0.4, 0.5) is 0 Å². The van der Waals surface area contributed by atoms with Crippen molar-refractivity contribution in [1.29, 1.82) is 5.26 Å². The molecular formula is C18H30N2O2. The first-order chi connectivity index (χ1) is 10.6. The molecule has 0 aromatic carbocycles. The largest absolute Gasteiger partial charge is 0.461 e. The highest BCUT2D eigenvalue weighted by Gasteiger charge is 2.13. The lowest BCUT2D eigenvalue weighted by atomic mass is 10.0. The molecule has 0 aromatic rings.